The smallest absolute Gasteiger partial charge is 0.222 e. The van der Waals surface area contributed by atoms with Gasteiger partial charge in [0, 0.05) is 19.5 Å². The lowest BCUT2D eigenvalue weighted by Gasteiger charge is -2.26. The molecule has 1 aromatic carbocycles. The van der Waals surface area contributed by atoms with Gasteiger partial charge < -0.3 is 15.4 Å². The number of nitrogens with zero attached hydrogens (tertiary/aromatic N) is 1. The second-order valence-corrected chi connectivity index (χ2v) is 4.97. The van der Waals surface area contributed by atoms with E-state index in [9.17, 15) is 4.79 Å². The second-order valence-electron chi connectivity index (χ2n) is 4.97. The molecule has 0 aliphatic heterocycles. The Hall–Kier alpha value is -1.55. The van der Waals surface area contributed by atoms with Gasteiger partial charge in [-0.15, -0.1) is 0 Å². The molecule has 0 aliphatic rings. The number of nitrogens with two attached hydrogens (primary N) is 1. The van der Waals surface area contributed by atoms with Gasteiger partial charge in [0.25, 0.3) is 0 Å². The van der Waals surface area contributed by atoms with E-state index in [1.54, 1.807) is 12.0 Å². The van der Waals surface area contributed by atoms with Crippen molar-refractivity contribution in [1.82, 2.24) is 4.90 Å². The van der Waals surface area contributed by atoms with Gasteiger partial charge in [0.2, 0.25) is 5.91 Å². The minimum absolute atomic E-state index is 0.0477. The minimum Gasteiger partial charge on any atom is -0.497 e. The molecule has 1 rings (SSSR count). The van der Waals surface area contributed by atoms with Gasteiger partial charge in [0.15, 0.2) is 0 Å². The molecular weight excluding hydrogens is 240 g/mol. The van der Waals surface area contributed by atoms with Crippen LogP contribution in [0.25, 0.3) is 0 Å². The summed E-state index contributed by atoms with van der Waals surface area (Å²) in [5.74, 6) is 0.947. The maximum atomic E-state index is 12.0. The summed E-state index contributed by atoms with van der Waals surface area (Å²) < 4.78 is 5.13. The molecule has 1 aromatic rings. The molecule has 4 heteroatoms. The molecule has 106 valence electrons. The largest absolute Gasteiger partial charge is 0.497 e. The Morgan fingerprint density at radius 1 is 1.32 bits per heavy atom. The monoisotopic (exact) mass is 264 g/mol. The molecule has 0 aliphatic carbocycles. The SMILES string of the molecule is COc1ccc(C(C)N(C)C(=O)CCC(C)N)cc1. The fourth-order valence-corrected chi connectivity index (χ4v) is 1.85. The summed E-state index contributed by atoms with van der Waals surface area (Å²) in [5, 5.41) is 0. The van der Waals surface area contributed by atoms with Gasteiger partial charge in [-0.25, -0.2) is 0 Å². The van der Waals surface area contributed by atoms with Crippen LogP contribution in [0, 0.1) is 0 Å². The lowest BCUT2D eigenvalue weighted by atomic mass is 10.1. The standard InChI is InChI=1S/C15H24N2O2/c1-11(16)5-10-15(18)17(3)12(2)13-6-8-14(19-4)9-7-13/h6-9,11-12H,5,10,16H2,1-4H3. The quantitative estimate of drug-likeness (QED) is 0.858. The van der Waals surface area contributed by atoms with Gasteiger partial charge in [-0.3, -0.25) is 4.79 Å². The van der Waals surface area contributed by atoms with Crippen LogP contribution in [0.15, 0.2) is 24.3 Å². The third-order valence-corrected chi connectivity index (χ3v) is 3.39. The first-order valence-electron chi connectivity index (χ1n) is 6.61. The van der Waals surface area contributed by atoms with Crippen molar-refractivity contribution < 1.29 is 9.53 Å². The van der Waals surface area contributed by atoms with E-state index in [4.69, 9.17) is 10.5 Å². The minimum atomic E-state index is 0.0477. The predicted molar refractivity (Wildman–Crippen MR) is 77.1 cm³/mol. The molecule has 0 bridgehead atoms. The summed E-state index contributed by atoms with van der Waals surface area (Å²) in [6.07, 6.45) is 1.22. The normalized spacial score (nSPS) is 13.7. The van der Waals surface area contributed by atoms with Crippen molar-refractivity contribution in [3.63, 3.8) is 0 Å². The fraction of sp³-hybridized carbons (Fsp3) is 0.533. The number of ether oxygens (including phenoxy) is 1. The molecule has 0 saturated heterocycles. The Balaban J connectivity index is 2.64. The Morgan fingerprint density at radius 2 is 1.89 bits per heavy atom. The average Bonchev–Trinajstić information content (AvgIpc) is 2.43. The van der Waals surface area contributed by atoms with Gasteiger partial charge in [-0.2, -0.15) is 0 Å². The molecule has 2 N–H and O–H groups in total. The van der Waals surface area contributed by atoms with Crippen molar-refractivity contribution >= 4 is 5.91 Å². The van der Waals surface area contributed by atoms with Crippen molar-refractivity contribution in [2.45, 2.75) is 38.8 Å². The maximum Gasteiger partial charge on any atom is 0.222 e. The summed E-state index contributed by atoms with van der Waals surface area (Å²) in [4.78, 5) is 13.8. The Kier molecular flexibility index (Phi) is 5.83. The lowest BCUT2D eigenvalue weighted by Crippen LogP contribution is -2.30. The Bertz CT molecular complexity index is 401. The topological polar surface area (TPSA) is 55.6 Å². The number of amides is 1. The van der Waals surface area contributed by atoms with E-state index in [0.717, 1.165) is 17.7 Å². The number of hydrogen-bond acceptors (Lipinski definition) is 3. The van der Waals surface area contributed by atoms with Gasteiger partial charge in [-0.1, -0.05) is 12.1 Å². The van der Waals surface area contributed by atoms with E-state index >= 15 is 0 Å². The highest BCUT2D eigenvalue weighted by Gasteiger charge is 2.17. The lowest BCUT2D eigenvalue weighted by molar-refractivity contribution is -0.132. The van der Waals surface area contributed by atoms with E-state index < -0.39 is 0 Å². The molecule has 19 heavy (non-hydrogen) atoms. The number of hydrogen-bond donors (Lipinski definition) is 1. The van der Waals surface area contributed by atoms with Crippen LogP contribution in [0.1, 0.15) is 38.3 Å². The summed E-state index contributed by atoms with van der Waals surface area (Å²) >= 11 is 0. The zero-order valence-electron chi connectivity index (χ0n) is 12.2. The van der Waals surface area contributed by atoms with E-state index in [1.807, 2.05) is 45.2 Å². The van der Waals surface area contributed by atoms with Crippen molar-refractivity contribution in [2.75, 3.05) is 14.2 Å². The third-order valence-electron chi connectivity index (χ3n) is 3.39. The van der Waals surface area contributed by atoms with Crippen LogP contribution >= 0.6 is 0 Å². The van der Waals surface area contributed by atoms with Crippen LogP contribution in [0.3, 0.4) is 0 Å². The molecule has 0 radical (unpaired) electrons. The molecule has 1 amide bonds. The molecule has 4 nitrogen and oxygen atoms in total. The van der Waals surface area contributed by atoms with Crippen LogP contribution in [0.2, 0.25) is 0 Å². The highest BCUT2D eigenvalue weighted by atomic mass is 16.5. The van der Waals surface area contributed by atoms with Gasteiger partial charge in [-0.05, 0) is 38.0 Å². The molecular formula is C15H24N2O2. The molecule has 0 heterocycles. The Labute approximate surface area is 115 Å². The van der Waals surface area contributed by atoms with Crippen LogP contribution < -0.4 is 10.5 Å². The highest BCUT2D eigenvalue weighted by molar-refractivity contribution is 5.76. The summed E-state index contributed by atoms with van der Waals surface area (Å²) in [6.45, 7) is 3.94. The van der Waals surface area contributed by atoms with Crippen molar-refractivity contribution in [3.05, 3.63) is 29.8 Å². The highest BCUT2D eigenvalue weighted by Crippen LogP contribution is 2.22. The zero-order chi connectivity index (χ0) is 14.4. The predicted octanol–water partition coefficient (Wildman–Crippen LogP) is 2.34. The van der Waals surface area contributed by atoms with E-state index in [1.165, 1.54) is 0 Å². The van der Waals surface area contributed by atoms with Crippen LogP contribution in [0.5, 0.6) is 5.75 Å². The van der Waals surface area contributed by atoms with Gasteiger partial charge >= 0.3 is 0 Å². The molecule has 2 atom stereocenters. The molecule has 0 spiro atoms. The van der Waals surface area contributed by atoms with Crippen LogP contribution in [0.4, 0.5) is 0 Å². The average molecular weight is 264 g/mol. The maximum absolute atomic E-state index is 12.0. The van der Waals surface area contributed by atoms with Gasteiger partial charge in [0.05, 0.1) is 13.2 Å². The number of methoxy groups -OCH3 is 1. The van der Waals surface area contributed by atoms with Gasteiger partial charge in [0.1, 0.15) is 5.75 Å². The number of carbonyl (C=O) groups excluding carboxylic acids is 1. The number of rotatable bonds is 6. The first kappa shape index (κ1) is 15.5. The zero-order valence-corrected chi connectivity index (χ0v) is 12.2. The van der Waals surface area contributed by atoms with Crippen molar-refractivity contribution in [3.8, 4) is 5.75 Å². The van der Waals surface area contributed by atoms with E-state index in [2.05, 4.69) is 0 Å². The molecule has 0 aromatic heterocycles. The molecule has 2 unspecified atom stereocenters. The van der Waals surface area contributed by atoms with Crippen molar-refractivity contribution in [1.29, 1.82) is 0 Å². The molecule has 0 fully saturated rings. The number of carbonyl (C=O) groups is 1. The van der Waals surface area contributed by atoms with E-state index in [-0.39, 0.29) is 18.0 Å². The first-order chi connectivity index (χ1) is 8.95. The van der Waals surface area contributed by atoms with Crippen molar-refractivity contribution in [2.24, 2.45) is 5.73 Å². The summed E-state index contributed by atoms with van der Waals surface area (Å²) in [5.41, 5.74) is 6.77. The Morgan fingerprint density at radius 3 is 2.37 bits per heavy atom. The number of benzene rings is 1. The second kappa shape index (κ2) is 7.14. The van der Waals surface area contributed by atoms with E-state index in [0.29, 0.717) is 6.42 Å². The third kappa shape index (κ3) is 4.56. The summed E-state index contributed by atoms with van der Waals surface area (Å²) in [7, 11) is 3.47. The van der Waals surface area contributed by atoms with Crippen LogP contribution in [-0.4, -0.2) is 31.0 Å². The summed E-state index contributed by atoms with van der Waals surface area (Å²) in [6, 6.07) is 7.90. The molecule has 0 saturated carbocycles. The fourth-order valence-electron chi connectivity index (χ4n) is 1.85. The van der Waals surface area contributed by atoms with Crippen LogP contribution in [-0.2, 0) is 4.79 Å². The first-order valence-corrected chi connectivity index (χ1v) is 6.61.